The maximum atomic E-state index is 4.68. The lowest BCUT2D eigenvalue weighted by atomic mass is 10.2. The topological polar surface area (TPSA) is 45.2 Å². The van der Waals surface area contributed by atoms with Gasteiger partial charge in [-0.2, -0.15) is 4.37 Å². The standard InChI is InChI=1S/C18H21N5S/c1-2-17-19-8-7-14(20-17)13-22-9-11-23(12-10-22)18-15-5-3-4-6-16(15)24-21-18/h3-8H,2,9-13H2,1H3. The predicted octanol–water partition coefficient (Wildman–Crippen LogP) is 2.97. The van der Waals surface area contributed by atoms with Gasteiger partial charge in [0.05, 0.1) is 10.4 Å². The molecule has 5 nitrogen and oxygen atoms in total. The lowest BCUT2D eigenvalue weighted by Crippen LogP contribution is -2.46. The maximum absolute atomic E-state index is 4.68. The number of piperazine rings is 1. The fourth-order valence-corrected chi connectivity index (χ4v) is 3.94. The van der Waals surface area contributed by atoms with E-state index in [4.69, 9.17) is 0 Å². The first kappa shape index (κ1) is 15.5. The third-order valence-electron chi connectivity index (χ3n) is 4.50. The molecule has 0 bridgehead atoms. The average Bonchev–Trinajstić information content (AvgIpc) is 3.07. The molecule has 0 spiro atoms. The van der Waals surface area contributed by atoms with Gasteiger partial charge in [-0.25, -0.2) is 9.97 Å². The highest BCUT2D eigenvalue weighted by atomic mass is 32.1. The van der Waals surface area contributed by atoms with Gasteiger partial charge in [0.2, 0.25) is 0 Å². The van der Waals surface area contributed by atoms with Crippen molar-refractivity contribution in [1.29, 1.82) is 0 Å². The van der Waals surface area contributed by atoms with E-state index in [-0.39, 0.29) is 0 Å². The van der Waals surface area contributed by atoms with E-state index in [1.165, 1.54) is 10.1 Å². The van der Waals surface area contributed by atoms with Crippen LogP contribution in [0, 0.1) is 0 Å². The van der Waals surface area contributed by atoms with E-state index in [1.807, 2.05) is 12.3 Å². The van der Waals surface area contributed by atoms with Gasteiger partial charge in [0.15, 0.2) is 0 Å². The second kappa shape index (κ2) is 6.83. The van der Waals surface area contributed by atoms with Crippen LogP contribution in [-0.2, 0) is 13.0 Å². The second-order valence-corrected chi connectivity index (χ2v) is 6.89. The summed E-state index contributed by atoms with van der Waals surface area (Å²) in [5, 5.41) is 1.28. The predicted molar refractivity (Wildman–Crippen MR) is 98.5 cm³/mol. The number of aryl methyl sites for hydroxylation is 1. The van der Waals surface area contributed by atoms with Crippen molar-refractivity contribution in [3.05, 3.63) is 48.0 Å². The Bertz CT molecular complexity index is 823. The van der Waals surface area contributed by atoms with Gasteiger partial charge in [-0.3, -0.25) is 4.90 Å². The summed E-state index contributed by atoms with van der Waals surface area (Å²) < 4.78 is 5.95. The molecule has 1 saturated heterocycles. The van der Waals surface area contributed by atoms with Crippen molar-refractivity contribution in [3.8, 4) is 0 Å². The first-order valence-corrected chi connectivity index (χ1v) is 9.23. The second-order valence-electron chi connectivity index (χ2n) is 6.08. The SMILES string of the molecule is CCc1nccc(CN2CCN(c3nsc4ccccc34)CC2)n1. The summed E-state index contributed by atoms with van der Waals surface area (Å²) in [7, 11) is 0. The van der Waals surface area contributed by atoms with Crippen molar-refractivity contribution in [2.24, 2.45) is 0 Å². The largest absolute Gasteiger partial charge is 0.353 e. The zero-order valence-corrected chi connectivity index (χ0v) is 14.7. The molecule has 0 amide bonds. The molecule has 1 aliphatic heterocycles. The minimum Gasteiger partial charge on any atom is -0.353 e. The van der Waals surface area contributed by atoms with Crippen molar-refractivity contribution in [1.82, 2.24) is 19.2 Å². The number of benzene rings is 1. The first-order chi connectivity index (χ1) is 11.8. The molecule has 1 fully saturated rings. The van der Waals surface area contributed by atoms with Crippen LogP contribution in [0.3, 0.4) is 0 Å². The Balaban J connectivity index is 1.41. The molecule has 24 heavy (non-hydrogen) atoms. The molecule has 124 valence electrons. The highest BCUT2D eigenvalue weighted by Gasteiger charge is 2.21. The molecule has 0 aliphatic carbocycles. The molecule has 0 radical (unpaired) electrons. The third-order valence-corrected chi connectivity index (χ3v) is 5.31. The molecule has 1 aliphatic rings. The van der Waals surface area contributed by atoms with E-state index in [0.717, 1.165) is 56.5 Å². The number of rotatable bonds is 4. The van der Waals surface area contributed by atoms with Crippen LogP contribution in [-0.4, -0.2) is 45.4 Å². The van der Waals surface area contributed by atoms with Crippen molar-refractivity contribution in [2.75, 3.05) is 31.1 Å². The van der Waals surface area contributed by atoms with Gasteiger partial charge in [-0.1, -0.05) is 19.1 Å². The van der Waals surface area contributed by atoms with Crippen LogP contribution in [0.4, 0.5) is 5.82 Å². The molecule has 0 unspecified atom stereocenters. The minimum atomic E-state index is 0.887. The zero-order chi connectivity index (χ0) is 16.4. The van der Waals surface area contributed by atoms with E-state index >= 15 is 0 Å². The molecule has 4 rings (SSSR count). The number of nitrogens with zero attached hydrogens (tertiary/aromatic N) is 5. The van der Waals surface area contributed by atoms with Gasteiger partial charge in [0.25, 0.3) is 0 Å². The molecular weight excluding hydrogens is 318 g/mol. The summed E-state index contributed by atoms with van der Waals surface area (Å²) >= 11 is 1.59. The summed E-state index contributed by atoms with van der Waals surface area (Å²) in [6, 6.07) is 10.5. The molecule has 6 heteroatoms. The van der Waals surface area contributed by atoms with Crippen LogP contribution in [0.25, 0.3) is 10.1 Å². The van der Waals surface area contributed by atoms with Gasteiger partial charge in [0, 0.05) is 50.7 Å². The average molecular weight is 339 g/mol. The Morgan fingerprint density at radius 3 is 2.75 bits per heavy atom. The highest BCUT2D eigenvalue weighted by Crippen LogP contribution is 2.29. The molecule has 3 aromatic rings. The summed E-state index contributed by atoms with van der Waals surface area (Å²) in [6.45, 7) is 7.10. The summed E-state index contributed by atoms with van der Waals surface area (Å²) in [5.41, 5.74) is 1.12. The van der Waals surface area contributed by atoms with Crippen LogP contribution >= 0.6 is 11.5 Å². The Labute approximate surface area is 146 Å². The Kier molecular flexibility index (Phi) is 4.40. The monoisotopic (exact) mass is 339 g/mol. The van der Waals surface area contributed by atoms with Crippen LogP contribution in [0.2, 0.25) is 0 Å². The van der Waals surface area contributed by atoms with Crippen LogP contribution in [0.5, 0.6) is 0 Å². The number of hydrogen-bond acceptors (Lipinski definition) is 6. The fraction of sp³-hybridized carbons (Fsp3) is 0.389. The van der Waals surface area contributed by atoms with E-state index in [0.29, 0.717) is 0 Å². The molecule has 3 heterocycles. The lowest BCUT2D eigenvalue weighted by Gasteiger charge is -2.34. The normalized spacial score (nSPS) is 16.0. The number of hydrogen-bond donors (Lipinski definition) is 0. The fourth-order valence-electron chi connectivity index (χ4n) is 3.15. The van der Waals surface area contributed by atoms with Gasteiger partial charge in [-0.05, 0) is 29.7 Å². The number of aromatic nitrogens is 3. The Hall–Kier alpha value is -2.05. The van der Waals surface area contributed by atoms with Crippen LogP contribution in [0.1, 0.15) is 18.4 Å². The van der Waals surface area contributed by atoms with E-state index in [1.54, 1.807) is 11.5 Å². The maximum Gasteiger partial charge on any atom is 0.150 e. The summed E-state index contributed by atoms with van der Waals surface area (Å²) in [4.78, 5) is 13.8. The molecule has 0 atom stereocenters. The first-order valence-electron chi connectivity index (χ1n) is 8.46. The smallest absolute Gasteiger partial charge is 0.150 e. The van der Waals surface area contributed by atoms with Gasteiger partial charge >= 0.3 is 0 Å². The zero-order valence-electron chi connectivity index (χ0n) is 13.9. The van der Waals surface area contributed by atoms with Gasteiger partial charge < -0.3 is 4.90 Å². The van der Waals surface area contributed by atoms with Crippen LogP contribution < -0.4 is 4.90 Å². The van der Waals surface area contributed by atoms with E-state index < -0.39 is 0 Å². The van der Waals surface area contributed by atoms with Crippen molar-refractivity contribution in [2.45, 2.75) is 19.9 Å². The quantitative estimate of drug-likeness (QED) is 0.731. The third kappa shape index (κ3) is 3.12. The molecule has 0 N–H and O–H groups in total. The van der Waals surface area contributed by atoms with E-state index in [9.17, 15) is 0 Å². The van der Waals surface area contributed by atoms with Gasteiger partial charge in [-0.15, -0.1) is 0 Å². The Morgan fingerprint density at radius 1 is 1.08 bits per heavy atom. The van der Waals surface area contributed by atoms with Crippen molar-refractivity contribution in [3.63, 3.8) is 0 Å². The Morgan fingerprint density at radius 2 is 1.92 bits per heavy atom. The van der Waals surface area contributed by atoms with Crippen molar-refractivity contribution >= 4 is 27.4 Å². The number of fused-ring (bicyclic) bond motifs is 1. The lowest BCUT2D eigenvalue weighted by molar-refractivity contribution is 0.246. The molecule has 0 saturated carbocycles. The number of anilines is 1. The van der Waals surface area contributed by atoms with Gasteiger partial charge in [0.1, 0.15) is 11.6 Å². The molecule has 1 aromatic carbocycles. The van der Waals surface area contributed by atoms with Crippen molar-refractivity contribution < 1.29 is 0 Å². The minimum absolute atomic E-state index is 0.887. The summed E-state index contributed by atoms with van der Waals surface area (Å²) in [5.74, 6) is 2.07. The molecule has 2 aromatic heterocycles. The molecular formula is C18H21N5S. The van der Waals surface area contributed by atoms with E-state index in [2.05, 4.69) is 55.3 Å². The summed E-state index contributed by atoms with van der Waals surface area (Å²) in [6.07, 6.45) is 2.76. The van der Waals surface area contributed by atoms with Crippen LogP contribution in [0.15, 0.2) is 36.5 Å². The highest BCUT2D eigenvalue weighted by molar-refractivity contribution is 7.13.